The lowest BCUT2D eigenvalue weighted by Gasteiger charge is -2.32. The molecule has 0 unspecified atom stereocenters. The van der Waals surface area contributed by atoms with Gasteiger partial charge in [0.05, 0.1) is 17.2 Å². The lowest BCUT2D eigenvalue weighted by atomic mass is 9.90. The molecule has 4 rings (SSSR count). The van der Waals surface area contributed by atoms with E-state index < -0.39 is 5.97 Å². The van der Waals surface area contributed by atoms with Gasteiger partial charge in [-0.1, -0.05) is 42.5 Å². The zero-order valence-electron chi connectivity index (χ0n) is 16.2. The fourth-order valence-electron chi connectivity index (χ4n) is 3.68. The van der Waals surface area contributed by atoms with E-state index in [9.17, 15) is 9.59 Å². The molecule has 2 aromatic carbocycles. The van der Waals surface area contributed by atoms with E-state index in [2.05, 4.69) is 34.2 Å². The highest BCUT2D eigenvalue weighted by molar-refractivity contribution is 5.91. The number of aromatic nitrogens is 2. The quantitative estimate of drug-likeness (QED) is 0.626. The van der Waals surface area contributed by atoms with E-state index in [1.807, 2.05) is 24.3 Å². The first-order chi connectivity index (χ1) is 14.2. The largest absolute Gasteiger partial charge is 0.451 e. The zero-order valence-corrected chi connectivity index (χ0v) is 16.2. The molecule has 2 heterocycles. The smallest absolute Gasteiger partial charge is 0.359 e. The summed E-state index contributed by atoms with van der Waals surface area (Å²) >= 11 is 0. The molecule has 29 heavy (non-hydrogen) atoms. The summed E-state index contributed by atoms with van der Waals surface area (Å²) in [6, 6.07) is 17.7. The average Bonchev–Trinajstić information content (AvgIpc) is 2.78. The van der Waals surface area contributed by atoms with Crippen molar-refractivity contribution in [1.82, 2.24) is 14.9 Å². The lowest BCUT2D eigenvalue weighted by Crippen LogP contribution is -2.41. The van der Waals surface area contributed by atoms with Crippen LogP contribution in [0.1, 0.15) is 28.9 Å². The van der Waals surface area contributed by atoms with Crippen LogP contribution in [0.2, 0.25) is 0 Å². The van der Waals surface area contributed by atoms with Crippen molar-refractivity contribution in [1.29, 1.82) is 0 Å². The summed E-state index contributed by atoms with van der Waals surface area (Å²) in [5.74, 6) is -0.210. The number of benzene rings is 2. The third-order valence-electron chi connectivity index (χ3n) is 5.32. The SMILES string of the molecule is O=C(OCC(=O)N1CCC(Cc2ccccc2)CC1)c1cnc2ccccc2n1. The number of carbonyl (C=O) groups excluding carboxylic acids is 2. The minimum absolute atomic E-state index is 0.109. The molecule has 1 aliphatic rings. The summed E-state index contributed by atoms with van der Waals surface area (Å²) in [7, 11) is 0. The predicted octanol–water partition coefficient (Wildman–Crippen LogP) is 3.27. The molecule has 1 aromatic heterocycles. The molecule has 148 valence electrons. The Labute approximate surface area is 169 Å². The fourth-order valence-corrected chi connectivity index (χ4v) is 3.68. The number of nitrogens with zero attached hydrogens (tertiary/aromatic N) is 3. The average molecular weight is 389 g/mol. The molecule has 0 saturated carbocycles. The van der Waals surface area contributed by atoms with Gasteiger partial charge in [-0.25, -0.2) is 9.78 Å². The van der Waals surface area contributed by atoms with Crippen molar-refractivity contribution in [3.63, 3.8) is 0 Å². The number of para-hydroxylation sites is 2. The molecule has 6 heteroatoms. The summed E-state index contributed by atoms with van der Waals surface area (Å²) < 4.78 is 5.18. The van der Waals surface area contributed by atoms with Gasteiger partial charge in [-0.2, -0.15) is 0 Å². The van der Waals surface area contributed by atoms with E-state index in [0.29, 0.717) is 30.0 Å². The van der Waals surface area contributed by atoms with Crippen LogP contribution in [0.25, 0.3) is 11.0 Å². The molecular formula is C23H23N3O3. The van der Waals surface area contributed by atoms with Crippen molar-refractivity contribution in [3.8, 4) is 0 Å². The molecule has 0 aliphatic carbocycles. The molecule has 1 fully saturated rings. The van der Waals surface area contributed by atoms with E-state index in [4.69, 9.17) is 4.74 Å². The van der Waals surface area contributed by atoms with Gasteiger partial charge in [-0.05, 0) is 42.9 Å². The van der Waals surface area contributed by atoms with Crippen molar-refractivity contribution in [3.05, 3.63) is 72.1 Å². The number of ether oxygens (including phenoxy) is 1. The number of hydrogen-bond donors (Lipinski definition) is 0. The highest BCUT2D eigenvalue weighted by Gasteiger charge is 2.24. The predicted molar refractivity (Wildman–Crippen MR) is 109 cm³/mol. The van der Waals surface area contributed by atoms with Crippen LogP contribution in [0.4, 0.5) is 0 Å². The molecule has 0 spiro atoms. The van der Waals surface area contributed by atoms with Crippen LogP contribution in [0.5, 0.6) is 0 Å². The highest BCUT2D eigenvalue weighted by atomic mass is 16.5. The van der Waals surface area contributed by atoms with E-state index >= 15 is 0 Å². The third kappa shape index (κ3) is 4.77. The van der Waals surface area contributed by atoms with Gasteiger partial charge in [0.15, 0.2) is 12.3 Å². The molecule has 1 saturated heterocycles. The van der Waals surface area contributed by atoms with Gasteiger partial charge < -0.3 is 9.64 Å². The minimum Gasteiger partial charge on any atom is -0.451 e. The maximum absolute atomic E-state index is 12.4. The molecular weight excluding hydrogens is 366 g/mol. The van der Waals surface area contributed by atoms with Gasteiger partial charge in [0, 0.05) is 13.1 Å². The monoisotopic (exact) mass is 389 g/mol. The fraction of sp³-hybridized carbons (Fsp3) is 0.304. The van der Waals surface area contributed by atoms with Crippen molar-refractivity contribution >= 4 is 22.9 Å². The second-order valence-corrected chi connectivity index (χ2v) is 7.33. The Morgan fingerprint density at radius 2 is 1.66 bits per heavy atom. The Bertz CT molecular complexity index is 998. The molecule has 0 N–H and O–H groups in total. The number of rotatable bonds is 5. The summed E-state index contributed by atoms with van der Waals surface area (Å²) in [6.45, 7) is 1.13. The Morgan fingerprint density at radius 1 is 0.966 bits per heavy atom. The Hall–Kier alpha value is -3.28. The van der Waals surface area contributed by atoms with Crippen LogP contribution in [-0.2, 0) is 16.0 Å². The van der Waals surface area contributed by atoms with E-state index in [1.165, 1.54) is 11.8 Å². The number of carbonyl (C=O) groups is 2. The van der Waals surface area contributed by atoms with Crippen LogP contribution < -0.4 is 0 Å². The van der Waals surface area contributed by atoms with Gasteiger partial charge in [-0.15, -0.1) is 0 Å². The van der Waals surface area contributed by atoms with E-state index in [1.54, 1.807) is 11.0 Å². The summed E-state index contributed by atoms with van der Waals surface area (Å²) in [5.41, 5.74) is 2.77. The highest BCUT2D eigenvalue weighted by Crippen LogP contribution is 2.21. The molecule has 0 atom stereocenters. The molecule has 3 aromatic rings. The first-order valence-corrected chi connectivity index (χ1v) is 9.89. The Morgan fingerprint density at radius 3 is 2.41 bits per heavy atom. The second kappa shape index (κ2) is 8.82. The first-order valence-electron chi connectivity index (χ1n) is 9.89. The Balaban J connectivity index is 1.26. The molecule has 6 nitrogen and oxygen atoms in total. The zero-order chi connectivity index (χ0) is 20.1. The molecule has 0 bridgehead atoms. The first kappa shape index (κ1) is 19.1. The number of esters is 1. The van der Waals surface area contributed by atoms with Gasteiger partial charge in [0.25, 0.3) is 5.91 Å². The second-order valence-electron chi connectivity index (χ2n) is 7.33. The number of likely N-dealkylation sites (tertiary alicyclic amines) is 1. The minimum atomic E-state index is -0.629. The third-order valence-corrected chi connectivity index (χ3v) is 5.32. The Kier molecular flexibility index (Phi) is 5.79. The van der Waals surface area contributed by atoms with Crippen LogP contribution in [0, 0.1) is 5.92 Å². The van der Waals surface area contributed by atoms with Gasteiger partial charge in [0.2, 0.25) is 0 Å². The van der Waals surface area contributed by atoms with Crippen LogP contribution in [-0.4, -0.2) is 46.4 Å². The van der Waals surface area contributed by atoms with Crippen molar-refractivity contribution in [2.24, 2.45) is 5.92 Å². The maximum Gasteiger partial charge on any atom is 0.359 e. The molecule has 0 radical (unpaired) electrons. The summed E-state index contributed by atoms with van der Waals surface area (Å²) in [5, 5.41) is 0. The molecule has 1 aliphatic heterocycles. The number of hydrogen-bond acceptors (Lipinski definition) is 5. The number of fused-ring (bicyclic) bond motifs is 1. The van der Waals surface area contributed by atoms with Crippen LogP contribution >= 0.6 is 0 Å². The van der Waals surface area contributed by atoms with E-state index in [-0.39, 0.29) is 18.2 Å². The van der Waals surface area contributed by atoms with E-state index in [0.717, 1.165) is 19.3 Å². The topological polar surface area (TPSA) is 72.4 Å². The normalized spacial score (nSPS) is 14.7. The van der Waals surface area contributed by atoms with Crippen LogP contribution in [0.15, 0.2) is 60.8 Å². The standard InChI is InChI=1S/C23H23N3O3/c27-22(26-12-10-18(11-13-26)14-17-6-2-1-3-7-17)16-29-23(28)21-15-24-19-8-4-5-9-20(19)25-21/h1-9,15,18H,10-14,16H2. The van der Waals surface area contributed by atoms with Gasteiger partial charge >= 0.3 is 5.97 Å². The van der Waals surface area contributed by atoms with Crippen molar-refractivity contribution < 1.29 is 14.3 Å². The van der Waals surface area contributed by atoms with Gasteiger partial charge in [-0.3, -0.25) is 9.78 Å². The number of piperidine rings is 1. The summed E-state index contributed by atoms with van der Waals surface area (Å²) in [4.78, 5) is 34.9. The maximum atomic E-state index is 12.4. The lowest BCUT2D eigenvalue weighted by molar-refractivity contribution is -0.135. The number of amides is 1. The summed E-state index contributed by atoms with van der Waals surface area (Å²) in [6.07, 6.45) is 4.35. The van der Waals surface area contributed by atoms with Crippen molar-refractivity contribution in [2.45, 2.75) is 19.3 Å². The van der Waals surface area contributed by atoms with Crippen molar-refractivity contribution in [2.75, 3.05) is 19.7 Å². The van der Waals surface area contributed by atoms with Gasteiger partial charge in [0.1, 0.15) is 0 Å². The van der Waals surface area contributed by atoms with Crippen LogP contribution in [0.3, 0.4) is 0 Å². The molecule has 1 amide bonds.